The molecule has 2 unspecified atom stereocenters. The second-order valence-electron chi connectivity index (χ2n) is 2.19. The normalized spacial score (nSPS) is 47.6. The fraction of sp³-hybridized carbons (Fsp3) is 1.00. The molecular formula is C4H9B. The van der Waals surface area contributed by atoms with Crippen molar-refractivity contribution in [1.29, 1.82) is 0 Å². The predicted octanol–water partition coefficient (Wildman–Crippen LogP) is 1.05. The third-order valence-electron chi connectivity index (χ3n) is 1.51. The Morgan fingerprint density at radius 2 is 1.40 bits per heavy atom. The molecule has 0 bridgehead atoms. The van der Waals surface area contributed by atoms with Gasteiger partial charge in [0.05, 0.1) is 0 Å². The average Bonchev–Trinajstić information content (AvgIpc) is 1.79. The zero-order chi connectivity index (χ0) is 3.86. The van der Waals surface area contributed by atoms with Crippen molar-refractivity contribution in [3.05, 3.63) is 0 Å². The lowest BCUT2D eigenvalue weighted by molar-refractivity contribution is 1.02. The van der Waals surface area contributed by atoms with E-state index < -0.39 is 0 Å². The highest BCUT2D eigenvalue weighted by atomic mass is 14.1. The summed E-state index contributed by atoms with van der Waals surface area (Å²) in [6, 6.07) is 0. The summed E-state index contributed by atoms with van der Waals surface area (Å²) in [5, 5.41) is 0. The van der Waals surface area contributed by atoms with E-state index in [2.05, 4.69) is 13.8 Å². The van der Waals surface area contributed by atoms with Crippen molar-refractivity contribution in [2.45, 2.75) is 25.5 Å². The molecule has 0 spiro atoms. The quantitative estimate of drug-likeness (QED) is 0.372. The first-order valence-electron chi connectivity index (χ1n) is 2.30. The highest BCUT2D eigenvalue weighted by Crippen LogP contribution is 2.39. The molecule has 1 heteroatoms. The molecule has 5 heavy (non-hydrogen) atoms. The topological polar surface area (TPSA) is 0 Å². The summed E-state index contributed by atoms with van der Waals surface area (Å²) in [6.45, 7) is 4.59. The molecular weight excluding hydrogens is 58.9 g/mol. The fourth-order valence-corrected chi connectivity index (χ4v) is 0.508. The Morgan fingerprint density at radius 1 is 1.20 bits per heavy atom. The highest BCUT2D eigenvalue weighted by Gasteiger charge is 2.28. The van der Waals surface area contributed by atoms with Crippen molar-refractivity contribution in [1.82, 2.24) is 0 Å². The van der Waals surface area contributed by atoms with Gasteiger partial charge in [-0.3, -0.25) is 0 Å². The third-order valence-corrected chi connectivity index (χ3v) is 1.51. The summed E-state index contributed by atoms with van der Waals surface area (Å²) in [4.78, 5) is 0. The summed E-state index contributed by atoms with van der Waals surface area (Å²) in [7, 11) is 1.47. The minimum Gasteiger partial charge on any atom is -0.0723 e. The van der Waals surface area contributed by atoms with Crippen LogP contribution >= 0.6 is 0 Å². The standard InChI is InChI=1S/C4H9B/c1-3-4(2)5-3/h3-5H,1-2H3. The lowest BCUT2D eigenvalue weighted by atomic mass is 10.0. The van der Waals surface area contributed by atoms with E-state index in [9.17, 15) is 0 Å². The fourth-order valence-electron chi connectivity index (χ4n) is 0.508. The second-order valence-corrected chi connectivity index (χ2v) is 2.19. The molecule has 0 saturated carbocycles. The van der Waals surface area contributed by atoms with E-state index in [0.717, 1.165) is 11.6 Å². The van der Waals surface area contributed by atoms with E-state index in [1.807, 2.05) is 0 Å². The van der Waals surface area contributed by atoms with Gasteiger partial charge < -0.3 is 0 Å². The maximum absolute atomic E-state index is 2.30. The SMILES string of the molecule is CC1BC1C. The van der Waals surface area contributed by atoms with E-state index in [4.69, 9.17) is 0 Å². The van der Waals surface area contributed by atoms with Gasteiger partial charge in [-0.15, -0.1) is 0 Å². The van der Waals surface area contributed by atoms with Crippen LogP contribution in [-0.4, -0.2) is 7.28 Å². The molecule has 0 aromatic rings. The zero-order valence-corrected chi connectivity index (χ0v) is 3.86. The van der Waals surface area contributed by atoms with Crippen molar-refractivity contribution in [2.24, 2.45) is 0 Å². The van der Waals surface area contributed by atoms with Gasteiger partial charge in [-0.2, -0.15) is 0 Å². The monoisotopic (exact) mass is 68.1 g/mol. The van der Waals surface area contributed by atoms with Crippen molar-refractivity contribution in [2.75, 3.05) is 0 Å². The lowest BCUT2D eigenvalue weighted by Crippen LogP contribution is -1.42. The third kappa shape index (κ3) is 0.471. The summed E-state index contributed by atoms with van der Waals surface area (Å²) in [5.41, 5.74) is 0. The summed E-state index contributed by atoms with van der Waals surface area (Å²) >= 11 is 0. The molecule has 0 aliphatic carbocycles. The van der Waals surface area contributed by atoms with Crippen LogP contribution in [0.25, 0.3) is 0 Å². The van der Waals surface area contributed by atoms with Gasteiger partial charge in [0.25, 0.3) is 0 Å². The summed E-state index contributed by atoms with van der Waals surface area (Å²) in [5.74, 6) is 2.10. The van der Waals surface area contributed by atoms with Crippen LogP contribution in [0.5, 0.6) is 0 Å². The van der Waals surface area contributed by atoms with Crippen LogP contribution in [-0.2, 0) is 0 Å². The van der Waals surface area contributed by atoms with E-state index >= 15 is 0 Å². The van der Waals surface area contributed by atoms with E-state index in [0.29, 0.717) is 0 Å². The number of hydrogen-bond acceptors (Lipinski definition) is 0. The molecule has 1 saturated heterocycles. The molecule has 0 aromatic carbocycles. The van der Waals surface area contributed by atoms with Crippen LogP contribution < -0.4 is 0 Å². The van der Waals surface area contributed by atoms with Gasteiger partial charge in [0, 0.05) is 0 Å². The molecule has 0 radical (unpaired) electrons. The van der Waals surface area contributed by atoms with Crippen LogP contribution in [0.2, 0.25) is 11.6 Å². The van der Waals surface area contributed by atoms with Crippen LogP contribution in [0.15, 0.2) is 0 Å². The minimum absolute atomic E-state index is 1.05. The minimum atomic E-state index is 1.05. The largest absolute Gasteiger partial charge is 0.125 e. The average molecular weight is 67.9 g/mol. The molecule has 0 N–H and O–H groups in total. The van der Waals surface area contributed by atoms with Crippen LogP contribution in [0.3, 0.4) is 0 Å². The Balaban J connectivity index is 2.20. The van der Waals surface area contributed by atoms with Gasteiger partial charge in [0.2, 0.25) is 0 Å². The van der Waals surface area contributed by atoms with Gasteiger partial charge >= 0.3 is 0 Å². The summed E-state index contributed by atoms with van der Waals surface area (Å²) in [6.07, 6.45) is 0. The molecule has 0 aromatic heterocycles. The lowest BCUT2D eigenvalue weighted by Gasteiger charge is -1.69. The Morgan fingerprint density at radius 3 is 1.40 bits per heavy atom. The van der Waals surface area contributed by atoms with Gasteiger partial charge in [-0.05, 0) is 0 Å². The van der Waals surface area contributed by atoms with Crippen molar-refractivity contribution < 1.29 is 0 Å². The Hall–Kier alpha value is 0.0649. The Labute approximate surface area is 33.8 Å². The molecule has 1 aliphatic rings. The molecule has 1 heterocycles. The highest BCUT2D eigenvalue weighted by molar-refractivity contribution is 6.53. The van der Waals surface area contributed by atoms with Gasteiger partial charge in [-0.1, -0.05) is 25.5 Å². The van der Waals surface area contributed by atoms with E-state index in [1.165, 1.54) is 7.28 Å². The summed E-state index contributed by atoms with van der Waals surface area (Å²) < 4.78 is 0. The maximum atomic E-state index is 2.30. The number of rotatable bonds is 0. The first kappa shape index (κ1) is 3.26. The predicted molar refractivity (Wildman–Crippen MR) is 26.0 cm³/mol. The van der Waals surface area contributed by atoms with Crippen molar-refractivity contribution >= 4 is 7.28 Å². The van der Waals surface area contributed by atoms with Crippen molar-refractivity contribution in [3.63, 3.8) is 0 Å². The Bertz CT molecular complexity index is 36.9. The molecule has 2 atom stereocenters. The zero-order valence-electron chi connectivity index (χ0n) is 3.86. The van der Waals surface area contributed by atoms with Gasteiger partial charge in [-0.25, -0.2) is 0 Å². The molecule has 1 rings (SSSR count). The van der Waals surface area contributed by atoms with Crippen molar-refractivity contribution in [3.8, 4) is 0 Å². The van der Waals surface area contributed by atoms with Gasteiger partial charge in [0.15, 0.2) is 0 Å². The molecule has 0 amide bonds. The molecule has 1 aliphatic heterocycles. The first-order chi connectivity index (χ1) is 2.30. The Kier molecular flexibility index (Phi) is 0.499. The van der Waals surface area contributed by atoms with E-state index in [-0.39, 0.29) is 0 Å². The van der Waals surface area contributed by atoms with Crippen LogP contribution in [0.4, 0.5) is 0 Å². The number of hydrogen-bond donors (Lipinski definition) is 0. The smallest absolute Gasteiger partial charge is 0.0723 e. The first-order valence-corrected chi connectivity index (χ1v) is 2.30. The maximum Gasteiger partial charge on any atom is 0.125 e. The second kappa shape index (κ2) is 0.765. The van der Waals surface area contributed by atoms with Crippen LogP contribution in [0.1, 0.15) is 13.8 Å². The van der Waals surface area contributed by atoms with Gasteiger partial charge in [0.1, 0.15) is 7.28 Å². The molecule has 0 nitrogen and oxygen atoms in total. The van der Waals surface area contributed by atoms with Crippen LogP contribution in [0, 0.1) is 0 Å². The molecule has 28 valence electrons. The van der Waals surface area contributed by atoms with E-state index in [1.54, 1.807) is 0 Å². The molecule has 1 fully saturated rings.